The molecule has 0 aliphatic carbocycles. The van der Waals surface area contributed by atoms with E-state index in [9.17, 15) is 17.2 Å². The molecule has 0 saturated carbocycles. The zero-order valence-electron chi connectivity index (χ0n) is 22.0. The van der Waals surface area contributed by atoms with Gasteiger partial charge in [-0.2, -0.15) is 0 Å². The van der Waals surface area contributed by atoms with Gasteiger partial charge in [-0.05, 0) is 49.2 Å². The van der Waals surface area contributed by atoms with Gasteiger partial charge in [0.2, 0.25) is 11.8 Å². The van der Waals surface area contributed by atoms with Gasteiger partial charge in [-0.25, -0.2) is 32.2 Å². The molecule has 1 aliphatic heterocycles. The topological polar surface area (TPSA) is 125 Å². The van der Waals surface area contributed by atoms with Crippen LogP contribution in [0.2, 0.25) is 0 Å². The van der Waals surface area contributed by atoms with Crippen molar-refractivity contribution in [3.8, 4) is 22.8 Å². The SMILES string of the molecule is CNc1nc(C)c2cc(-c3cnc(OC)c(NS(=O)(=O)c4ccc(F)cc4F)c3)cc(OCC3CCOC3)c2n1. The molecule has 2 aromatic heterocycles. The highest BCUT2D eigenvalue weighted by atomic mass is 32.2. The predicted molar refractivity (Wildman–Crippen MR) is 145 cm³/mol. The highest BCUT2D eigenvalue weighted by Crippen LogP contribution is 2.36. The number of halogens is 2. The molecular formula is C27H27F2N5O5S. The molecule has 1 atom stereocenters. The maximum Gasteiger partial charge on any atom is 0.264 e. The second-order valence-electron chi connectivity index (χ2n) is 9.25. The van der Waals surface area contributed by atoms with Crippen LogP contribution in [0.3, 0.4) is 0 Å². The van der Waals surface area contributed by atoms with Gasteiger partial charge < -0.3 is 19.5 Å². The number of nitrogens with zero attached hydrogens (tertiary/aromatic N) is 3. The standard InChI is InChI=1S/C27H27F2N5O5S/c1-15-20-8-17(10-23(25(20)33-27(30-2)32-15)39-14-16-6-7-38-13-16)18-9-22(26(37-3)31-12-18)34-40(35,36)24-5-4-19(28)11-21(24)29/h4-5,8-12,16,34H,6-7,13-14H2,1-3H3,(H,30,32,33). The molecule has 1 unspecified atom stereocenters. The third-order valence-corrected chi connectivity index (χ3v) is 7.88. The van der Waals surface area contributed by atoms with E-state index in [1.807, 2.05) is 13.0 Å². The molecule has 3 heterocycles. The highest BCUT2D eigenvalue weighted by Gasteiger charge is 2.23. The number of fused-ring (bicyclic) bond motifs is 1. The fraction of sp³-hybridized carbons (Fsp3) is 0.296. The van der Waals surface area contributed by atoms with Crippen LogP contribution in [-0.2, 0) is 14.8 Å². The summed E-state index contributed by atoms with van der Waals surface area (Å²) in [5.41, 5.74) is 2.46. The molecule has 40 heavy (non-hydrogen) atoms. The molecule has 1 aliphatic rings. The summed E-state index contributed by atoms with van der Waals surface area (Å²) in [6.07, 6.45) is 2.41. The lowest BCUT2D eigenvalue weighted by atomic mass is 10.0. The Labute approximate surface area is 229 Å². The summed E-state index contributed by atoms with van der Waals surface area (Å²) in [5.74, 6) is -0.938. The molecule has 0 amide bonds. The summed E-state index contributed by atoms with van der Waals surface area (Å²) in [5, 5.41) is 3.70. The minimum atomic E-state index is -4.44. The number of aryl methyl sites for hydroxylation is 1. The van der Waals surface area contributed by atoms with E-state index in [2.05, 4.69) is 25.0 Å². The fourth-order valence-electron chi connectivity index (χ4n) is 4.40. The summed E-state index contributed by atoms with van der Waals surface area (Å²) >= 11 is 0. The Morgan fingerprint density at radius 2 is 1.95 bits per heavy atom. The quantitative estimate of drug-likeness (QED) is 0.298. The van der Waals surface area contributed by atoms with Crippen molar-refractivity contribution in [1.29, 1.82) is 0 Å². The Kier molecular flexibility index (Phi) is 7.68. The highest BCUT2D eigenvalue weighted by molar-refractivity contribution is 7.92. The van der Waals surface area contributed by atoms with Crippen molar-refractivity contribution in [2.75, 3.05) is 44.0 Å². The number of hydrogen-bond acceptors (Lipinski definition) is 9. The van der Waals surface area contributed by atoms with Crippen LogP contribution in [0.1, 0.15) is 12.1 Å². The maximum absolute atomic E-state index is 14.3. The average Bonchev–Trinajstić information content (AvgIpc) is 3.45. The van der Waals surface area contributed by atoms with Gasteiger partial charge in [0.1, 0.15) is 33.5 Å². The summed E-state index contributed by atoms with van der Waals surface area (Å²) in [7, 11) is -1.39. The summed E-state index contributed by atoms with van der Waals surface area (Å²) in [4.78, 5) is 12.6. The van der Waals surface area contributed by atoms with E-state index >= 15 is 0 Å². The number of aromatic nitrogens is 3. The summed E-state index contributed by atoms with van der Waals surface area (Å²) in [6.45, 7) is 3.60. The number of hydrogen-bond donors (Lipinski definition) is 2. The Hall–Kier alpha value is -4.10. The number of rotatable bonds is 9. The number of benzene rings is 2. The smallest absolute Gasteiger partial charge is 0.264 e. The lowest BCUT2D eigenvalue weighted by Crippen LogP contribution is -2.16. The first kappa shape index (κ1) is 27.5. The number of sulfonamides is 1. The molecule has 2 aromatic carbocycles. The molecule has 1 fully saturated rings. The average molecular weight is 572 g/mol. The first-order valence-electron chi connectivity index (χ1n) is 12.4. The van der Waals surface area contributed by atoms with Gasteiger partial charge in [0.05, 0.1) is 26.0 Å². The molecule has 2 N–H and O–H groups in total. The summed E-state index contributed by atoms with van der Waals surface area (Å²) in [6, 6.07) is 7.38. The van der Waals surface area contributed by atoms with E-state index in [1.165, 1.54) is 19.4 Å². The Morgan fingerprint density at radius 1 is 1.12 bits per heavy atom. The normalized spacial score (nSPS) is 15.3. The van der Waals surface area contributed by atoms with Crippen LogP contribution in [0, 0.1) is 24.5 Å². The van der Waals surface area contributed by atoms with Crippen LogP contribution in [0.25, 0.3) is 22.0 Å². The van der Waals surface area contributed by atoms with E-state index in [0.29, 0.717) is 59.9 Å². The number of anilines is 2. The fourth-order valence-corrected chi connectivity index (χ4v) is 5.51. The monoisotopic (exact) mass is 571 g/mol. The Balaban J connectivity index is 1.57. The molecule has 5 rings (SSSR count). The van der Waals surface area contributed by atoms with Crippen molar-refractivity contribution in [3.05, 3.63) is 59.9 Å². The molecule has 0 radical (unpaired) electrons. The van der Waals surface area contributed by atoms with Crippen LogP contribution >= 0.6 is 0 Å². The van der Waals surface area contributed by atoms with Crippen LogP contribution < -0.4 is 19.5 Å². The minimum Gasteiger partial charge on any atom is -0.491 e. The summed E-state index contributed by atoms with van der Waals surface area (Å²) < 4.78 is 72.9. The second kappa shape index (κ2) is 11.2. The zero-order chi connectivity index (χ0) is 28.4. The molecule has 4 aromatic rings. The van der Waals surface area contributed by atoms with Gasteiger partial charge in [-0.1, -0.05) is 0 Å². The first-order chi connectivity index (χ1) is 19.2. The first-order valence-corrected chi connectivity index (χ1v) is 13.9. The van der Waals surface area contributed by atoms with Crippen molar-refractivity contribution in [1.82, 2.24) is 15.0 Å². The third kappa shape index (κ3) is 5.61. The minimum absolute atomic E-state index is 0.0344. The molecule has 13 heteroatoms. The van der Waals surface area contributed by atoms with Gasteiger partial charge in [0.25, 0.3) is 10.0 Å². The van der Waals surface area contributed by atoms with Gasteiger partial charge in [-0.15, -0.1) is 0 Å². The lowest BCUT2D eigenvalue weighted by Gasteiger charge is -2.16. The Bertz CT molecular complexity index is 1680. The molecule has 0 spiro atoms. The second-order valence-corrected chi connectivity index (χ2v) is 10.9. The van der Waals surface area contributed by atoms with Crippen LogP contribution in [0.5, 0.6) is 11.6 Å². The number of methoxy groups -OCH3 is 1. The van der Waals surface area contributed by atoms with E-state index < -0.39 is 26.6 Å². The van der Waals surface area contributed by atoms with Gasteiger partial charge >= 0.3 is 0 Å². The van der Waals surface area contributed by atoms with E-state index in [0.717, 1.165) is 23.9 Å². The maximum atomic E-state index is 14.3. The van der Waals surface area contributed by atoms with Gasteiger partial charge in [-0.3, -0.25) is 4.72 Å². The van der Waals surface area contributed by atoms with Crippen molar-refractivity contribution in [2.24, 2.45) is 5.92 Å². The lowest BCUT2D eigenvalue weighted by molar-refractivity contribution is 0.167. The number of ether oxygens (including phenoxy) is 3. The van der Waals surface area contributed by atoms with Gasteiger partial charge in [0, 0.05) is 42.8 Å². The van der Waals surface area contributed by atoms with E-state index in [-0.39, 0.29) is 17.5 Å². The predicted octanol–water partition coefficient (Wildman–Crippen LogP) is 4.54. The molecular weight excluding hydrogens is 544 g/mol. The van der Waals surface area contributed by atoms with Crippen molar-refractivity contribution in [3.63, 3.8) is 0 Å². The Morgan fingerprint density at radius 3 is 2.65 bits per heavy atom. The van der Waals surface area contributed by atoms with E-state index in [1.54, 1.807) is 13.1 Å². The number of pyridine rings is 1. The third-order valence-electron chi connectivity index (χ3n) is 6.48. The van der Waals surface area contributed by atoms with Gasteiger partial charge in [0.15, 0.2) is 0 Å². The van der Waals surface area contributed by atoms with Crippen LogP contribution in [0.15, 0.2) is 47.5 Å². The van der Waals surface area contributed by atoms with Crippen molar-refractivity contribution in [2.45, 2.75) is 18.2 Å². The van der Waals surface area contributed by atoms with Crippen molar-refractivity contribution < 1.29 is 31.4 Å². The largest absolute Gasteiger partial charge is 0.491 e. The zero-order valence-corrected chi connectivity index (χ0v) is 22.8. The number of nitrogens with one attached hydrogen (secondary N) is 2. The van der Waals surface area contributed by atoms with Crippen molar-refractivity contribution >= 4 is 32.6 Å². The molecule has 0 bridgehead atoms. The molecule has 210 valence electrons. The van der Waals surface area contributed by atoms with Crippen LogP contribution in [-0.4, -0.2) is 57.3 Å². The van der Waals surface area contributed by atoms with E-state index in [4.69, 9.17) is 14.2 Å². The molecule has 1 saturated heterocycles. The van der Waals surface area contributed by atoms with Crippen LogP contribution in [0.4, 0.5) is 20.4 Å². The molecule has 10 nitrogen and oxygen atoms in total.